The van der Waals surface area contributed by atoms with E-state index in [0.29, 0.717) is 4.34 Å². The van der Waals surface area contributed by atoms with Crippen molar-refractivity contribution in [3.05, 3.63) is 45.8 Å². The van der Waals surface area contributed by atoms with E-state index in [1.54, 1.807) is 19.0 Å². The summed E-state index contributed by atoms with van der Waals surface area (Å²) in [5, 5.41) is 21.4. The summed E-state index contributed by atoms with van der Waals surface area (Å²) in [5.41, 5.74) is 7.48. The third-order valence-electron chi connectivity index (χ3n) is 10.4. The fraction of sp³-hybridized carbons (Fsp3) is 0.556. The van der Waals surface area contributed by atoms with Crippen LogP contribution in [0.15, 0.2) is 34.6 Å². The maximum Gasteiger partial charge on any atom is 0.478 e. The Morgan fingerprint density at radius 3 is 2.22 bits per heavy atom. The van der Waals surface area contributed by atoms with Crippen LogP contribution in [-0.4, -0.2) is 136 Å². The number of rotatable bonds is 13. The van der Waals surface area contributed by atoms with Crippen LogP contribution in [0.3, 0.4) is 0 Å². The Bertz CT molecular complexity index is 2790. The van der Waals surface area contributed by atoms with Gasteiger partial charge in [-0.3, -0.25) is 51.0 Å². The molecule has 4 aromatic heterocycles. The van der Waals surface area contributed by atoms with Gasteiger partial charge in [0, 0.05) is 19.4 Å². The molecule has 4 fully saturated rings. The molecule has 4 saturated heterocycles. The fourth-order valence-corrected chi connectivity index (χ4v) is 11.6. The molecule has 352 valence electrons. The van der Waals surface area contributed by atoms with Crippen molar-refractivity contribution in [3.8, 4) is 0 Å². The maximum atomic E-state index is 12.3. The molecule has 9 heterocycles. The molecule has 12 atom stereocenters. The van der Waals surface area contributed by atoms with Gasteiger partial charge >= 0.3 is 13.5 Å². The van der Waals surface area contributed by atoms with E-state index in [-0.39, 0.29) is 54.4 Å². The largest absolute Gasteiger partial charge is 0.761 e. The molecule has 64 heavy (non-hydrogen) atoms. The quantitative estimate of drug-likeness (QED) is 0.0456. The van der Waals surface area contributed by atoms with Gasteiger partial charge in [-0.25, -0.2) is 18.4 Å². The van der Waals surface area contributed by atoms with Gasteiger partial charge in [-0.05, 0) is 0 Å². The average molecular weight is 989 g/mol. The van der Waals surface area contributed by atoms with Crippen molar-refractivity contribution < 1.29 is 94.1 Å². The summed E-state index contributed by atoms with van der Waals surface area (Å²) in [4.78, 5) is 97.0. The van der Waals surface area contributed by atoms with Crippen LogP contribution in [0, 0.1) is 0 Å². The smallest absolute Gasteiger partial charge is 0.478 e. The summed E-state index contributed by atoms with van der Waals surface area (Å²) in [7, 11) is -18.1. The summed E-state index contributed by atoms with van der Waals surface area (Å²) < 4.78 is 90.1. The molecule has 9 rings (SSSR count). The third-order valence-corrected chi connectivity index (χ3v) is 15.4. The first-order valence-electron chi connectivity index (χ1n) is 18.0. The van der Waals surface area contributed by atoms with Gasteiger partial charge in [0.15, 0.2) is 18.4 Å². The molecule has 4 aromatic rings. The van der Waals surface area contributed by atoms with E-state index < -0.39 is 104 Å². The number of hydrogen-bond donors (Lipinski definition) is 8. The Kier molecular flexibility index (Phi) is 11.7. The van der Waals surface area contributed by atoms with Crippen LogP contribution in [-0.2, 0) is 61.9 Å². The number of aromatic nitrogens is 8. The number of nitrogens with one attached hydrogen (secondary N) is 2. The van der Waals surface area contributed by atoms with Crippen LogP contribution in [0.5, 0.6) is 0 Å². The van der Waals surface area contributed by atoms with E-state index in [4.69, 9.17) is 39.8 Å². The molecule has 37 heteroatoms. The molecule has 0 amide bonds. The number of nitrogens with two attached hydrogens (primary N) is 2. The van der Waals surface area contributed by atoms with Gasteiger partial charge in [-0.1, -0.05) is 4.98 Å². The van der Waals surface area contributed by atoms with Crippen molar-refractivity contribution in [1.82, 2.24) is 33.8 Å². The lowest BCUT2D eigenvalue weighted by molar-refractivity contribution is -0.752. The van der Waals surface area contributed by atoms with Crippen LogP contribution in [0.25, 0.3) is 11.2 Å². The summed E-state index contributed by atoms with van der Waals surface area (Å²) in [6.07, 6.45) is -2.25. The van der Waals surface area contributed by atoms with Crippen molar-refractivity contribution in [2.24, 2.45) is 7.05 Å². The molecule has 0 radical (unpaired) electrons. The van der Waals surface area contributed by atoms with E-state index >= 15 is 0 Å². The van der Waals surface area contributed by atoms with Crippen LogP contribution >= 0.6 is 31.2 Å². The van der Waals surface area contributed by atoms with Crippen molar-refractivity contribution in [3.63, 3.8) is 0 Å². The SMILES string of the molecule is CN1CN([C@@H]2O[C@@]3(COP(=O)([O-])OP(=O)([O-])n4ccnc4)CO[C@H]2C3O)c2nc(N)[nH]c(=O)c21.Cn1c[n+]([C@@H]2O[C@@]3(COP(=O)(O)OP(=O)([O-])O)CO[C@H]2C3O)c2nc(N)[nH]c(=O)c21. The number of H-pyrrole nitrogens is 2. The molecule has 0 saturated carbocycles. The van der Waals surface area contributed by atoms with E-state index in [9.17, 15) is 57.6 Å². The number of phosphoric acid groups is 3. The maximum absolute atomic E-state index is 12.3. The van der Waals surface area contributed by atoms with Gasteiger partial charge in [0.25, 0.3) is 32.7 Å². The minimum absolute atomic E-state index is 0.129. The molecule has 5 aliphatic heterocycles. The number of fused-ring (bicyclic) bond motifs is 6. The lowest BCUT2D eigenvalue weighted by Crippen LogP contribution is -2.50. The predicted octanol–water partition coefficient (Wildman–Crippen LogP) is -6.11. The van der Waals surface area contributed by atoms with Gasteiger partial charge < -0.3 is 79.4 Å². The summed E-state index contributed by atoms with van der Waals surface area (Å²) in [6.45, 7) is -1.97. The number of anilines is 4. The van der Waals surface area contributed by atoms with Gasteiger partial charge in [-0.2, -0.15) is 4.98 Å². The molecular weight excluding hydrogens is 952 g/mol. The zero-order valence-electron chi connectivity index (χ0n) is 32.6. The van der Waals surface area contributed by atoms with Crippen LogP contribution in [0.4, 0.5) is 23.4 Å². The van der Waals surface area contributed by atoms with Gasteiger partial charge in [0.05, 0.1) is 40.1 Å². The lowest BCUT2D eigenvalue weighted by Gasteiger charge is -2.37. The number of nitrogen functional groups attached to an aromatic ring is 2. The second-order valence-corrected chi connectivity index (χ2v) is 20.8. The van der Waals surface area contributed by atoms with Gasteiger partial charge in [0.1, 0.15) is 47.6 Å². The molecule has 4 bridgehead atoms. The molecule has 0 aromatic carbocycles. The third kappa shape index (κ3) is 8.47. The standard InChI is InChI=1S/C15H21N7O10P2.C12H17N5O11P2/c1-20-7-22(11-8(20)12(24)19-14(16)18-11)13-9-10(23)15(31-13,4-29-9)5-30-34(27,28)32-33(25,26)21-3-2-17-6-21;1-16-4-17(8-5(16)9(19)15-11(13)14-8)10-6-7(18)12(27-10,2-25-6)3-26-30(23,24)28-29(20,21)22/h2-3,6,9-10,13,23H,4-5,7H2,1H3,(H,25,26)(H,27,28)(H3,16,18,19,24);4,6-7,10,18H,2-3H2,1H3,(H5-,13,14,15,19,20,21,22,23,24)/p-2/t9-,10?,13+,15+;6-,7?,10+,12+/m00/s1. The van der Waals surface area contributed by atoms with Gasteiger partial charge in [-0.15, -0.1) is 0 Å². The molecule has 0 spiro atoms. The van der Waals surface area contributed by atoms with Crippen LogP contribution in [0.1, 0.15) is 6.23 Å². The summed E-state index contributed by atoms with van der Waals surface area (Å²) >= 11 is 0. The first-order chi connectivity index (χ1) is 29.7. The van der Waals surface area contributed by atoms with E-state index in [0.717, 1.165) is 18.7 Å². The Morgan fingerprint density at radius 2 is 1.55 bits per heavy atom. The highest BCUT2D eigenvalue weighted by Gasteiger charge is 2.65. The lowest BCUT2D eigenvalue weighted by atomic mass is 10.0. The Balaban J connectivity index is 0.000000176. The summed E-state index contributed by atoms with van der Waals surface area (Å²) in [6, 6.07) is 0. The average Bonchev–Trinajstić information content (AvgIpc) is 4.05. The molecule has 10 N–H and O–H groups in total. The number of aliphatic hydroxyl groups excluding tert-OH is 2. The summed E-state index contributed by atoms with van der Waals surface area (Å²) in [5.74, 6) is -0.0887. The van der Waals surface area contributed by atoms with E-state index in [1.165, 1.54) is 20.4 Å². The highest BCUT2D eigenvalue weighted by molar-refractivity contribution is 7.61. The monoisotopic (exact) mass is 988 g/mol. The Hall–Kier alpha value is -4.04. The molecular formula is C27H36N12O21P4-2. The number of aliphatic hydroxyl groups is 2. The predicted molar refractivity (Wildman–Crippen MR) is 199 cm³/mol. The number of hydrogen-bond acceptors (Lipinski definition) is 26. The van der Waals surface area contributed by atoms with Crippen molar-refractivity contribution in [2.75, 3.05) is 61.4 Å². The van der Waals surface area contributed by atoms with Crippen LogP contribution < -0.4 is 51.6 Å². The minimum atomic E-state index is -5.56. The highest BCUT2D eigenvalue weighted by Crippen LogP contribution is 2.58. The first-order valence-corrected chi connectivity index (χ1v) is 24.0. The molecule has 33 nitrogen and oxygen atoms in total. The Morgan fingerprint density at radius 1 is 0.922 bits per heavy atom. The fourth-order valence-electron chi connectivity index (χ4n) is 7.66. The molecule has 5 aliphatic rings. The highest BCUT2D eigenvalue weighted by atomic mass is 31.3. The number of imidazole rings is 2. The first kappa shape index (κ1) is 46.5. The Labute approximate surface area is 355 Å². The topological polar surface area (TPSA) is 469 Å². The number of ether oxygens (including phenoxy) is 4. The van der Waals surface area contributed by atoms with E-state index in [2.05, 4.69) is 38.1 Å². The van der Waals surface area contributed by atoms with E-state index in [1.807, 2.05) is 0 Å². The van der Waals surface area contributed by atoms with Crippen molar-refractivity contribution >= 4 is 65.8 Å². The zero-order valence-corrected chi connectivity index (χ0v) is 36.1. The zero-order chi connectivity index (χ0) is 46.5. The molecule has 6 unspecified atom stereocenters. The second-order valence-electron chi connectivity index (χ2n) is 14.8. The minimum Gasteiger partial charge on any atom is -0.761 e. The van der Waals surface area contributed by atoms with Crippen molar-refractivity contribution in [2.45, 2.75) is 48.1 Å². The number of phosphoric ester groups is 2. The number of aryl methyl sites for hydroxylation is 1. The van der Waals surface area contributed by atoms with Crippen molar-refractivity contribution in [1.29, 1.82) is 0 Å². The number of aromatic amines is 2. The normalized spacial score (nSPS) is 31.9. The van der Waals surface area contributed by atoms with Gasteiger partial charge in [0.2, 0.25) is 25.4 Å². The van der Waals surface area contributed by atoms with Crippen LogP contribution in [0.2, 0.25) is 0 Å². The second kappa shape index (κ2) is 16.1. The molecule has 0 aliphatic carbocycles. The number of nitrogens with zero attached hydrogens (tertiary/aromatic N) is 8.